The fourth-order valence-electron chi connectivity index (χ4n) is 3.81. The molecule has 3 aromatic rings. The highest BCUT2D eigenvalue weighted by Gasteiger charge is 2.42. The molecule has 5 heterocycles. The quantitative estimate of drug-likeness (QED) is 0.744. The van der Waals surface area contributed by atoms with Gasteiger partial charge in [-0.15, -0.1) is 0 Å². The number of likely N-dealkylation sites (tertiary alicyclic amines) is 1. The van der Waals surface area contributed by atoms with Gasteiger partial charge < -0.3 is 9.64 Å². The molecule has 1 N–H and O–H groups in total. The van der Waals surface area contributed by atoms with E-state index in [0.717, 1.165) is 18.7 Å². The Kier molecular flexibility index (Phi) is 3.36. The maximum atomic E-state index is 13.4. The zero-order valence-electron chi connectivity index (χ0n) is 13.9. The van der Waals surface area contributed by atoms with Crippen molar-refractivity contribution in [2.45, 2.75) is 24.7 Å². The van der Waals surface area contributed by atoms with E-state index in [-0.39, 0.29) is 35.0 Å². The highest BCUT2D eigenvalue weighted by atomic mass is 19.4. The lowest BCUT2D eigenvalue weighted by atomic mass is 10.1. The molecule has 0 spiro atoms. The van der Waals surface area contributed by atoms with Crippen LogP contribution in [0.4, 0.5) is 13.2 Å². The highest BCUT2D eigenvalue weighted by Crippen LogP contribution is 2.35. The summed E-state index contributed by atoms with van der Waals surface area (Å²) >= 11 is 0. The van der Waals surface area contributed by atoms with Gasteiger partial charge in [0.25, 0.3) is 5.91 Å². The Hall–Kier alpha value is -2.88. The summed E-state index contributed by atoms with van der Waals surface area (Å²) in [7, 11) is 0. The maximum absolute atomic E-state index is 13.4. The number of morpholine rings is 1. The molecule has 0 aliphatic carbocycles. The van der Waals surface area contributed by atoms with Crippen molar-refractivity contribution in [3.8, 4) is 11.1 Å². The van der Waals surface area contributed by atoms with Crippen molar-refractivity contribution in [2.75, 3.05) is 13.2 Å². The number of fused-ring (bicyclic) bond motifs is 3. The van der Waals surface area contributed by atoms with Gasteiger partial charge in [0.05, 0.1) is 36.7 Å². The molecule has 7 nitrogen and oxygen atoms in total. The number of halogens is 3. The normalized spacial score (nSPS) is 22.1. The number of ether oxygens (including phenoxy) is 1. The summed E-state index contributed by atoms with van der Waals surface area (Å²) in [6.07, 6.45) is 1.36. The molecule has 0 aromatic carbocycles. The predicted molar refractivity (Wildman–Crippen MR) is 87.0 cm³/mol. The number of imidazole rings is 1. The smallest absolute Gasteiger partial charge is 0.374 e. The topological polar surface area (TPSA) is 75.5 Å². The van der Waals surface area contributed by atoms with Crippen LogP contribution < -0.4 is 0 Å². The molecule has 5 rings (SSSR count). The number of H-pyrrole nitrogens is 1. The van der Waals surface area contributed by atoms with Gasteiger partial charge in [0, 0.05) is 30.1 Å². The second kappa shape index (κ2) is 5.56. The van der Waals surface area contributed by atoms with Gasteiger partial charge in [0.1, 0.15) is 11.3 Å². The van der Waals surface area contributed by atoms with Crippen LogP contribution in [0, 0.1) is 0 Å². The van der Waals surface area contributed by atoms with E-state index in [0.29, 0.717) is 18.7 Å². The van der Waals surface area contributed by atoms with Crippen molar-refractivity contribution in [3.05, 3.63) is 42.1 Å². The molecule has 0 radical (unpaired) electrons. The Balaban J connectivity index is 1.66. The van der Waals surface area contributed by atoms with Crippen molar-refractivity contribution < 1.29 is 22.7 Å². The summed E-state index contributed by atoms with van der Waals surface area (Å²) in [5.74, 6) is -0.337. The van der Waals surface area contributed by atoms with E-state index in [9.17, 15) is 18.0 Å². The van der Waals surface area contributed by atoms with Crippen LogP contribution in [0.5, 0.6) is 0 Å². The van der Waals surface area contributed by atoms with Gasteiger partial charge in [-0.2, -0.15) is 18.3 Å². The minimum Gasteiger partial charge on any atom is -0.374 e. The van der Waals surface area contributed by atoms with Crippen LogP contribution in [0.2, 0.25) is 0 Å². The summed E-state index contributed by atoms with van der Waals surface area (Å²) in [5, 5.41) is 6.38. The zero-order chi connectivity index (χ0) is 18.8. The summed E-state index contributed by atoms with van der Waals surface area (Å²) < 4.78 is 47.0. The first-order valence-corrected chi connectivity index (χ1v) is 8.42. The summed E-state index contributed by atoms with van der Waals surface area (Å²) in [6.45, 7) is 0.908. The number of alkyl halides is 3. The number of rotatable bonds is 2. The second-order valence-corrected chi connectivity index (χ2v) is 6.77. The number of nitrogens with one attached hydrogen (secondary N) is 1. The van der Waals surface area contributed by atoms with Gasteiger partial charge in [-0.05, 0) is 12.5 Å². The molecule has 0 saturated carbocycles. The fraction of sp³-hybridized carbons (Fsp3) is 0.353. The number of amides is 1. The monoisotopic (exact) mass is 377 g/mol. The average Bonchev–Trinajstić information content (AvgIpc) is 3.43. The first-order chi connectivity index (χ1) is 12.9. The lowest BCUT2D eigenvalue weighted by Crippen LogP contribution is -2.41. The zero-order valence-corrected chi connectivity index (χ0v) is 13.9. The van der Waals surface area contributed by atoms with Crippen LogP contribution in [-0.2, 0) is 10.9 Å². The molecule has 2 saturated heterocycles. The third kappa shape index (κ3) is 2.51. The first kappa shape index (κ1) is 16.3. The lowest BCUT2D eigenvalue weighted by Gasteiger charge is -2.26. The number of aromatic nitrogens is 4. The van der Waals surface area contributed by atoms with Gasteiger partial charge in [-0.1, -0.05) is 0 Å². The number of carbonyl (C=O) groups is 1. The minimum absolute atomic E-state index is 0.00497. The summed E-state index contributed by atoms with van der Waals surface area (Å²) in [5.41, 5.74) is 0.236. The minimum atomic E-state index is -4.56. The van der Waals surface area contributed by atoms with E-state index >= 15 is 0 Å². The van der Waals surface area contributed by atoms with E-state index in [2.05, 4.69) is 15.2 Å². The maximum Gasteiger partial charge on any atom is 0.417 e. The number of hydrogen-bond acceptors (Lipinski definition) is 4. The lowest BCUT2D eigenvalue weighted by molar-refractivity contribution is -0.137. The Labute approximate surface area is 150 Å². The number of hydrogen-bond donors (Lipinski definition) is 1. The van der Waals surface area contributed by atoms with Gasteiger partial charge in [0.15, 0.2) is 0 Å². The van der Waals surface area contributed by atoms with Crippen LogP contribution in [0.3, 0.4) is 0 Å². The molecule has 1 amide bonds. The molecule has 140 valence electrons. The molecule has 2 aliphatic rings. The van der Waals surface area contributed by atoms with E-state index < -0.39 is 11.7 Å². The highest BCUT2D eigenvalue weighted by molar-refractivity contribution is 5.95. The van der Waals surface area contributed by atoms with Crippen molar-refractivity contribution in [1.82, 2.24) is 24.5 Å². The van der Waals surface area contributed by atoms with Crippen LogP contribution in [0.25, 0.3) is 16.8 Å². The molecule has 2 atom stereocenters. The first-order valence-electron chi connectivity index (χ1n) is 8.42. The third-order valence-corrected chi connectivity index (χ3v) is 5.12. The van der Waals surface area contributed by atoms with E-state index in [4.69, 9.17) is 4.74 Å². The van der Waals surface area contributed by atoms with E-state index in [1.165, 1.54) is 23.0 Å². The van der Waals surface area contributed by atoms with Gasteiger partial charge in [0.2, 0.25) is 0 Å². The molecule has 2 aliphatic heterocycles. The molecule has 2 bridgehead atoms. The summed E-state index contributed by atoms with van der Waals surface area (Å²) in [6, 6.07) is 0.986. The van der Waals surface area contributed by atoms with Gasteiger partial charge >= 0.3 is 6.18 Å². The Morgan fingerprint density at radius 1 is 1.33 bits per heavy atom. The van der Waals surface area contributed by atoms with Crippen molar-refractivity contribution >= 4 is 11.6 Å². The van der Waals surface area contributed by atoms with E-state index in [1.54, 1.807) is 4.90 Å². The second-order valence-electron chi connectivity index (χ2n) is 6.77. The standard InChI is InChI=1S/C17H14F3N5O2/c18-17(19,20)10-1-13(9-3-22-23-4-9)15-21-5-14(25(15)6-10)16(26)24-7-12-2-11(24)8-27-12/h1,3-6,11-12H,2,7-8H2,(H,22,23)/t11-,12-/m0/s1. The number of nitrogens with zero attached hydrogens (tertiary/aromatic N) is 4. The van der Waals surface area contributed by atoms with Gasteiger partial charge in [-0.25, -0.2) is 4.98 Å². The molecule has 0 unspecified atom stereocenters. The van der Waals surface area contributed by atoms with Crippen molar-refractivity contribution in [1.29, 1.82) is 0 Å². The van der Waals surface area contributed by atoms with Crippen LogP contribution in [0.15, 0.2) is 30.9 Å². The molecular weight excluding hydrogens is 363 g/mol. The van der Waals surface area contributed by atoms with Crippen LogP contribution >= 0.6 is 0 Å². The number of pyridine rings is 1. The molecule has 3 aromatic heterocycles. The molecule has 27 heavy (non-hydrogen) atoms. The van der Waals surface area contributed by atoms with Crippen molar-refractivity contribution in [3.63, 3.8) is 0 Å². The van der Waals surface area contributed by atoms with Crippen LogP contribution in [0.1, 0.15) is 22.5 Å². The fourth-order valence-corrected chi connectivity index (χ4v) is 3.81. The molecule has 2 fully saturated rings. The Morgan fingerprint density at radius 3 is 2.81 bits per heavy atom. The summed E-state index contributed by atoms with van der Waals surface area (Å²) in [4.78, 5) is 18.9. The third-order valence-electron chi connectivity index (χ3n) is 5.12. The van der Waals surface area contributed by atoms with E-state index in [1.807, 2.05) is 0 Å². The Bertz CT molecular complexity index is 1030. The predicted octanol–water partition coefficient (Wildman–Crippen LogP) is 2.36. The number of carbonyl (C=O) groups excluding carboxylic acids is 1. The van der Waals surface area contributed by atoms with Crippen molar-refractivity contribution in [2.24, 2.45) is 0 Å². The SMILES string of the molecule is O=C(c1cnc2c(-c3cn[nH]c3)cc(C(F)(F)F)cn12)N1C[C@@H]2C[C@H]1CO2. The van der Waals surface area contributed by atoms with Crippen LogP contribution in [-0.4, -0.2) is 55.7 Å². The molecule has 10 heteroatoms. The average molecular weight is 377 g/mol. The van der Waals surface area contributed by atoms with Gasteiger partial charge in [-0.3, -0.25) is 14.3 Å². The molecular formula is C17H14F3N5O2. The number of aromatic amines is 1. The largest absolute Gasteiger partial charge is 0.417 e. The Morgan fingerprint density at radius 2 is 2.19 bits per heavy atom.